The SMILES string of the molecule is Cc1ccc(Br)c(NC(C)C2CCCCC2)c1. The van der Waals surface area contributed by atoms with Crippen molar-refractivity contribution in [3.8, 4) is 0 Å². The predicted octanol–water partition coefficient (Wildman–Crippen LogP) is 5.14. The Morgan fingerprint density at radius 2 is 1.94 bits per heavy atom. The standard InChI is InChI=1S/C15H22BrN/c1-11-8-9-14(16)15(10-11)17-12(2)13-6-4-3-5-7-13/h8-10,12-13,17H,3-7H2,1-2H3. The second kappa shape index (κ2) is 5.90. The van der Waals surface area contributed by atoms with Gasteiger partial charge in [0.15, 0.2) is 0 Å². The summed E-state index contributed by atoms with van der Waals surface area (Å²) in [5.41, 5.74) is 2.55. The van der Waals surface area contributed by atoms with Crippen molar-refractivity contribution in [1.29, 1.82) is 0 Å². The fraction of sp³-hybridized carbons (Fsp3) is 0.600. The van der Waals surface area contributed by atoms with Crippen molar-refractivity contribution in [2.45, 2.75) is 52.0 Å². The Balaban J connectivity index is 2.01. The fourth-order valence-electron chi connectivity index (χ4n) is 2.75. The van der Waals surface area contributed by atoms with Gasteiger partial charge in [0.2, 0.25) is 0 Å². The van der Waals surface area contributed by atoms with Crippen LogP contribution >= 0.6 is 15.9 Å². The molecule has 94 valence electrons. The summed E-state index contributed by atoms with van der Waals surface area (Å²) in [7, 11) is 0. The Morgan fingerprint density at radius 3 is 2.65 bits per heavy atom. The van der Waals surface area contributed by atoms with E-state index >= 15 is 0 Å². The van der Waals surface area contributed by atoms with Crippen molar-refractivity contribution >= 4 is 21.6 Å². The van der Waals surface area contributed by atoms with Crippen molar-refractivity contribution in [1.82, 2.24) is 0 Å². The number of hydrogen-bond acceptors (Lipinski definition) is 1. The quantitative estimate of drug-likeness (QED) is 0.814. The highest BCUT2D eigenvalue weighted by Crippen LogP contribution is 2.30. The van der Waals surface area contributed by atoms with Crippen molar-refractivity contribution in [3.63, 3.8) is 0 Å². The first-order valence-electron chi connectivity index (χ1n) is 6.69. The van der Waals surface area contributed by atoms with Crippen LogP contribution in [0.4, 0.5) is 5.69 Å². The number of anilines is 1. The number of aryl methyl sites for hydroxylation is 1. The topological polar surface area (TPSA) is 12.0 Å². The number of halogens is 1. The molecule has 1 aromatic rings. The molecule has 0 bridgehead atoms. The van der Waals surface area contributed by atoms with Crippen LogP contribution in [0.1, 0.15) is 44.6 Å². The third-order valence-electron chi connectivity index (χ3n) is 3.86. The zero-order valence-electron chi connectivity index (χ0n) is 10.8. The summed E-state index contributed by atoms with van der Waals surface area (Å²) >= 11 is 3.62. The molecule has 2 rings (SSSR count). The van der Waals surface area contributed by atoms with Gasteiger partial charge in [0.1, 0.15) is 0 Å². The van der Waals surface area contributed by atoms with Gasteiger partial charge in [-0.25, -0.2) is 0 Å². The third-order valence-corrected chi connectivity index (χ3v) is 4.55. The van der Waals surface area contributed by atoms with Crippen LogP contribution in [0.2, 0.25) is 0 Å². The van der Waals surface area contributed by atoms with E-state index in [2.05, 4.69) is 53.3 Å². The monoisotopic (exact) mass is 295 g/mol. The highest BCUT2D eigenvalue weighted by molar-refractivity contribution is 9.10. The maximum atomic E-state index is 3.67. The zero-order chi connectivity index (χ0) is 12.3. The van der Waals surface area contributed by atoms with E-state index in [4.69, 9.17) is 0 Å². The number of benzene rings is 1. The lowest BCUT2D eigenvalue weighted by Crippen LogP contribution is -2.27. The van der Waals surface area contributed by atoms with Gasteiger partial charge in [-0.3, -0.25) is 0 Å². The van der Waals surface area contributed by atoms with Gasteiger partial charge < -0.3 is 5.32 Å². The molecule has 0 heterocycles. The largest absolute Gasteiger partial charge is 0.381 e. The van der Waals surface area contributed by atoms with Crippen LogP contribution in [0.25, 0.3) is 0 Å². The average Bonchev–Trinajstić information content (AvgIpc) is 2.35. The molecule has 0 aliphatic heterocycles. The molecule has 0 amide bonds. The molecule has 1 nitrogen and oxygen atoms in total. The minimum atomic E-state index is 0.577. The van der Waals surface area contributed by atoms with Crippen molar-refractivity contribution in [3.05, 3.63) is 28.2 Å². The van der Waals surface area contributed by atoms with E-state index in [0.29, 0.717) is 6.04 Å². The molecule has 1 N–H and O–H groups in total. The summed E-state index contributed by atoms with van der Waals surface area (Å²) in [6, 6.07) is 7.07. The molecule has 1 aliphatic rings. The van der Waals surface area contributed by atoms with E-state index in [9.17, 15) is 0 Å². The van der Waals surface area contributed by atoms with Crippen LogP contribution in [-0.4, -0.2) is 6.04 Å². The molecule has 0 saturated heterocycles. The van der Waals surface area contributed by atoms with Gasteiger partial charge in [0, 0.05) is 16.2 Å². The Hall–Kier alpha value is -0.500. The Kier molecular flexibility index (Phi) is 4.49. The van der Waals surface area contributed by atoms with Crippen molar-refractivity contribution < 1.29 is 0 Å². The Morgan fingerprint density at radius 1 is 1.24 bits per heavy atom. The minimum absolute atomic E-state index is 0.577. The molecule has 1 fully saturated rings. The third kappa shape index (κ3) is 3.48. The zero-order valence-corrected chi connectivity index (χ0v) is 12.4. The lowest BCUT2D eigenvalue weighted by atomic mass is 9.84. The van der Waals surface area contributed by atoms with E-state index in [-0.39, 0.29) is 0 Å². The van der Waals surface area contributed by atoms with Crippen LogP contribution in [0.5, 0.6) is 0 Å². The summed E-state index contributed by atoms with van der Waals surface area (Å²) in [4.78, 5) is 0. The highest BCUT2D eigenvalue weighted by atomic mass is 79.9. The van der Waals surface area contributed by atoms with Gasteiger partial charge in [-0.15, -0.1) is 0 Å². The second-order valence-electron chi connectivity index (χ2n) is 5.31. The normalized spacial score (nSPS) is 19.0. The fourth-order valence-corrected chi connectivity index (χ4v) is 3.11. The van der Waals surface area contributed by atoms with Crippen LogP contribution < -0.4 is 5.32 Å². The predicted molar refractivity (Wildman–Crippen MR) is 78.5 cm³/mol. The van der Waals surface area contributed by atoms with E-state index in [1.165, 1.54) is 47.8 Å². The van der Waals surface area contributed by atoms with Crippen LogP contribution in [0, 0.1) is 12.8 Å². The van der Waals surface area contributed by atoms with Crippen molar-refractivity contribution in [2.75, 3.05) is 5.32 Å². The molecular formula is C15H22BrN. The second-order valence-corrected chi connectivity index (χ2v) is 6.17. The molecule has 1 atom stereocenters. The van der Waals surface area contributed by atoms with E-state index in [0.717, 1.165) is 5.92 Å². The molecule has 0 spiro atoms. The van der Waals surface area contributed by atoms with E-state index in [1.807, 2.05) is 0 Å². The van der Waals surface area contributed by atoms with Gasteiger partial charge in [-0.2, -0.15) is 0 Å². The molecule has 2 heteroatoms. The maximum Gasteiger partial charge on any atom is 0.0489 e. The maximum absolute atomic E-state index is 3.67. The van der Waals surface area contributed by atoms with Crippen LogP contribution in [0.15, 0.2) is 22.7 Å². The molecule has 0 aromatic heterocycles. The number of nitrogens with one attached hydrogen (secondary N) is 1. The summed E-state index contributed by atoms with van der Waals surface area (Å²) in [5.74, 6) is 0.844. The lowest BCUT2D eigenvalue weighted by Gasteiger charge is -2.29. The van der Waals surface area contributed by atoms with Crippen LogP contribution in [0.3, 0.4) is 0 Å². The average molecular weight is 296 g/mol. The summed E-state index contributed by atoms with van der Waals surface area (Å²) in [6.07, 6.45) is 7.02. The smallest absolute Gasteiger partial charge is 0.0489 e. The lowest BCUT2D eigenvalue weighted by molar-refractivity contribution is 0.328. The molecular weight excluding hydrogens is 274 g/mol. The Labute approximate surface area is 113 Å². The molecule has 1 aromatic carbocycles. The first-order chi connectivity index (χ1) is 8.16. The summed E-state index contributed by atoms with van der Waals surface area (Å²) in [5, 5.41) is 3.67. The van der Waals surface area contributed by atoms with Gasteiger partial charge in [-0.05, 0) is 66.2 Å². The van der Waals surface area contributed by atoms with Crippen LogP contribution in [-0.2, 0) is 0 Å². The summed E-state index contributed by atoms with van der Waals surface area (Å²) < 4.78 is 1.17. The first-order valence-corrected chi connectivity index (χ1v) is 7.49. The molecule has 1 saturated carbocycles. The van der Waals surface area contributed by atoms with E-state index in [1.54, 1.807) is 0 Å². The number of rotatable bonds is 3. The van der Waals surface area contributed by atoms with Gasteiger partial charge in [-0.1, -0.05) is 25.3 Å². The summed E-state index contributed by atoms with van der Waals surface area (Å²) in [6.45, 7) is 4.47. The highest BCUT2D eigenvalue weighted by Gasteiger charge is 2.20. The first kappa shape index (κ1) is 12.9. The minimum Gasteiger partial charge on any atom is -0.381 e. The number of hydrogen-bond donors (Lipinski definition) is 1. The van der Waals surface area contributed by atoms with Gasteiger partial charge in [0.05, 0.1) is 0 Å². The Bertz CT molecular complexity index is 369. The molecule has 1 unspecified atom stereocenters. The molecule has 0 radical (unpaired) electrons. The van der Waals surface area contributed by atoms with Gasteiger partial charge >= 0.3 is 0 Å². The van der Waals surface area contributed by atoms with Crippen molar-refractivity contribution in [2.24, 2.45) is 5.92 Å². The molecule has 17 heavy (non-hydrogen) atoms. The van der Waals surface area contributed by atoms with E-state index < -0.39 is 0 Å². The molecule has 1 aliphatic carbocycles. The van der Waals surface area contributed by atoms with Gasteiger partial charge in [0.25, 0.3) is 0 Å².